The standard InChI is InChI=1S/C16H20FN3O/c1-9(2)16-19-14(15(18)20(16)11-5-6-11)10-4-7-13(21-3)12(17)8-10/h4,7-9,11H,5-6,18H2,1-3H3. The quantitative estimate of drug-likeness (QED) is 0.933. The third-order valence-corrected chi connectivity index (χ3v) is 3.83. The van der Waals surface area contributed by atoms with E-state index >= 15 is 0 Å². The van der Waals surface area contributed by atoms with E-state index in [4.69, 9.17) is 10.5 Å². The molecule has 0 radical (unpaired) electrons. The number of rotatable bonds is 4. The Morgan fingerprint density at radius 1 is 1.38 bits per heavy atom. The molecule has 1 heterocycles. The van der Waals surface area contributed by atoms with Crippen LogP contribution in [0.1, 0.15) is 44.5 Å². The van der Waals surface area contributed by atoms with E-state index in [9.17, 15) is 4.39 Å². The van der Waals surface area contributed by atoms with E-state index in [2.05, 4.69) is 23.4 Å². The first-order chi connectivity index (χ1) is 10.0. The van der Waals surface area contributed by atoms with Crippen molar-refractivity contribution < 1.29 is 9.13 Å². The fourth-order valence-corrected chi connectivity index (χ4v) is 2.61. The highest BCUT2D eigenvalue weighted by atomic mass is 19.1. The summed E-state index contributed by atoms with van der Waals surface area (Å²) in [6.07, 6.45) is 2.27. The molecule has 0 atom stereocenters. The molecule has 2 aromatic rings. The lowest BCUT2D eigenvalue weighted by Gasteiger charge is -2.10. The van der Waals surface area contributed by atoms with Crippen molar-refractivity contribution >= 4 is 5.82 Å². The fraction of sp³-hybridized carbons (Fsp3) is 0.438. The van der Waals surface area contributed by atoms with Crippen LogP contribution < -0.4 is 10.5 Å². The second-order valence-electron chi connectivity index (χ2n) is 5.81. The lowest BCUT2D eigenvalue weighted by Crippen LogP contribution is -2.06. The van der Waals surface area contributed by atoms with Crippen LogP contribution in [0, 0.1) is 5.82 Å². The number of aromatic nitrogens is 2. The van der Waals surface area contributed by atoms with Crippen LogP contribution in [-0.2, 0) is 0 Å². The van der Waals surface area contributed by atoms with E-state index < -0.39 is 5.82 Å². The molecule has 4 nitrogen and oxygen atoms in total. The van der Waals surface area contributed by atoms with Crippen LogP contribution >= 0.6 is 0 Å². The number of ether oxygens (including phenoxy) is 1. The molecule has 0 aliphatic heterocycles. The highest BCUT2D eigenvalue weighted by molar-refractivity contribution is 5.72. The summed E-state index contributed by atoms with van der Waals surface area (Å²) in [6.45, 7) is 4.19. The van der Waals surface area contributed by atoms with Gasteiger partial charge in [-0.15, -0.1) is 0 Å². The van der Waals surface area contributed by atoms with E-state index in [0.717, 1.165) is 18.7 Å². The topological polar surface area (TPSA) is 53.1 Å². The molecule has 5 heteroatoms. The first-order valence-electron chi connectivity index (χ1n) is 7.24. The molecule has 0 saturated heterocycles. The average molecular weight is 289 g/mol. The van der Waals surface area contributed by atoms with Crippen LogP contribution in [-0.4, -0.2) is 16.7 Å². The van der Waals surface area contributed by atoms with Gasteiger partial charge in [-0.3, -0.25) is 0 Å². The molecule has 0 amide bonds. The van der Waals surface area contributed by atoms with Gasteiger partial charge in [-0.1, -0.05) is 13.8 Å². The highest BCUT2D eigenvalue weighted by Gasteiger charge is 2.31. The molecule has 0 bridgehead atoms. The molecule has 21 heavy (non-hydrogen) atoms. The maximum atomic E-state index is 13.9. The van der Waals surface area contributed by atoms with Crippen molar-refractivity contribution in [2.75, 3.05) is 12.8 Å². The third kappa shape index (κ3) is 2.37. The van der Waals surface area contributed by atoms with Crippen molar-refractivity contribution in [3.05, 3.63) is 29.8 Å². The minimum absolute atomic E-state index is 0.225. The summed E-state index contributed by atoms with van der Waals surface area (Å²) < 4.78 is 21.0. The van der Waals surface area contributed by atoms with Gasteiger partial charge in [0.15, 0.2) is 11.6 Å². The van der Waals surface area contributed by atoms with E-state index in [1.165, 1.54) is 13.2 Å². The van der Waals surface area contributed by atoms with Gasteiger partial charge >= 0.3 is 0 Å². The van der Waals surface area contributed by atoms with Gasteiger partial charge in [0, 0.05) is 17.5 Å². The van der Waals surface area contributed by atoms with Crippen molar-refractivity contribution in [1.29, 1.82) is 0 Å². The summed E-state index contributed by atoms with van der Waals surface area (Å²) in [6, 6.07) is 5.28. The smallest absolute Gasteiger partial charge is 0.165 e. The molecule has 2 N–H and O–H groups in total. The van der Waals surface area contributed by atoms with Gasteiger partial charge in [-0.2, -0.15) is 0 Å². The Labute approximate surface area is 123 Å². The molecule has 1 aromatic carbocycles. The minimum Gasteiger partial charge on any atom is -0.494 e. The van der Waals surface area contributed by atoms with Crippen LogP contribution in [0.4, 0.5) is 10.2 Å². The zero-order valence-corrected chi connectivity index (χ0v) is 12.6. The third-order valence-electron chi connectivity index (χ3n) is 3.83. The van der Waals surface area contributed by atoms with Gasteiger partial charge in [-0.25, -0.2) is 9.37 Å². The molecule has 3 rings (SSSR count). The summed E-state index contributed by atoms with van der Waals surface area (Å²) in [5.41, 5.74) is 7.63. The summed E-state index contributed by atoms with van der Waals surface area (Å²) in [7, 11) is 1.45. The zero-order chi connectivity index (χ0) is 15.1. The van der Waals surface area contributed by atoms with Gasteiger partial charge in [-0.05, 0) is 31.0 Å². The zero-order valence-electron chi connectivity index (χ0n) is 12.6. The second kappa shape index (κ2) is 5.06. The van der Waals surface area contributed by atoms with Crippen molar-refractivity contribution in [3.63, 3.8) is 0 Å². The maximum Gasteiger partial charge on any atom is 0.165 e. The molecule has 0 unspecified atom stereocenters. The van der Waals surface area contributed by atoms with Crippen LogP contribution in [0.2, 0.25) is 0 Å². The summed E-state index contributed by atoms with van der Waals surface area (Å²) in [5.74, 6) is 1.71. The number of benzene rings is 1. The van der Waals surface area contributed by atoms with Gasteiger partial charge in [0.25, 0.3) is 0 Å². The Hall–Kier alpha value is -2.04. The Bertz CT molecular complexity index is 674. The minimum atomic E-state index is -0.401. The van der Waals surface area contributed by atoms with Gasteiger partial charge in [0.05, 0.1) is 7.11 Å². The highest BCUT2D eigenvalue weighted by Crippen LogP contribution is 2.42. The summed E-state index contributed by atoms with van der Waals surface area (Å²) in [4.78, 5) is 4.67. The van der Waals surface area contributed by atoms with Crippen LogP contribution in [0.3, 0.4) is 0 Å². The number of anilines is 1. The number of hydrogen-bond donors (Lipinski definition) is 1. The average Bonchev–Trinajstić information content (AvgIpc) is 3.22. The van der Waals surface area contributed by atoms with Crippen LogP contribution in [0.5, 0.6) is 5.75 Å². The van der Waals surface area contributed by atoms with Crippen LogP contribution in [0.15, 0.2) is 18.2 Å². The first-order valence-corrected chi connectivity index (χ1v) is 7.24. The predicted molar refractivity (Wildman–Crippen MR) is 80.9 cm³/mol. The number of hydrogen-bond acceptors (Lipinski definition) is 3. The molecular formula is C16H20FN3O. The van der Waals surface area contributed by atoms with Crippen molar-refractivity contribution in [1.82, 2.24) is 9.55 Å². The van der Waals surface area contributed by atoms with E-state index in [0.29, 0.717) is 23.1 Å². The monoisotopic (exact) mass is 289 g/mol. The molecule has 1 aliphatic carbocycles. The number of halogens is 1. The Balaban J connectivity index is 2.10. The van der Waals surface area contributed by atoms with Crippen molar-refractivity contribution in [2.24, 2.45) is 0 Å². The molecule has 0 spiro atoms. The van der Waals surface area contributed by atoms with Crippen LogP contribution in [0.25, 0.3) is 11.3 Å². The predicted octanol–water partition coefficient (Wildman–Crippen LogP) is 3.74. The maximum absolute atomic E-state index is 13.9. The second-order valence-corrected chi connectivity index (χ2v) is 5.81. The molecule has 1 fully saturated rings. The SMILES string of the molecule is COc1ccc(-c2nc(C(C)C)n(C3CC3)c2N)cc1F. The number of imidazole rings is 1. The van der Waals surface area contributed by atoms with Crippen molar-refractivity contribution in [3.8, 4) is 17.0 Å². The largest absolute Gasteiger partial charge is 0.494 e. The Morgan fingerprint density at radius 3 is 2.62 bits per heavy atom. The molecular weight excluding hydrogens is 269 g/mol. The summed E-state index contributed by atoms with van der Waals surface area (Å²) >= 11 is 0. The van der Waals surface area contributed by atoms with E-state index in [1.54, 1.807) is 12.1 Å². The molecule has 112 valence electrons. The molecule has 1 aliphatic rings. The molecule has 1 aromatic heterocycles. The first kappa shape index (κ1) is 13.9. The number of methoxy groups -OCH3 is 1. The normalized spacial score (nSPS) is 14.7. The van der Waals surface area contributed by atoms with Crippen molar-refractivity contribution in [2.45, 2.75) is 38.6 Å². The number of nitrogens with zero attached hydrogens (tertiary/aromatic N) is 2. The number of nitrogen functional groups attached to an aromatic ring is 1. The number of nitrogens with two attached hydrogens (primary N) is 1. The van der Waals surface area contributed by atoms with Gasteiger partial charge in [0.2, 0.25) is 0 Å². The summed E-state index contributed by atoms with van der Waals surface area (Å²) in [5, 5.41) is 0. The fourth-order valence-electron chi connectivity index (χ4n) is 2.61. The Kier molecular flexibility index (Phi) is 3.35. The van der Waals surface area contributed by atoms with Gasteiger partial charge < -0.3 is 15.0 Å². The lowest BCUT2D eigenvalue weighted by atomic mass is 10.1. The van der Waals surface area contributed by atoms with Gasteiger partial charge in [0.1, 0.15) is 17.3 Å². The Morgan fingerprint density at radius 2 is 2.10 bits per heavy atom. The van der Waals surface area contributed by atoms with E-state index in [1.807, 2.05) is 0 Å². The van der Waals surface area contributed by atoms with E-state index in [-0.39, 0.29) is 11.7 Å². The lowest BCUT2D eigenvalue weighted by molar-refractivity contribution is 0.386. The molecule has 1 saturated carbocycles.